The summed E-state index contributed by atoms with van der Waals surface area (Å²) in [6, 6.07) is 6.64. The van der Waals surface area contributed by atoms with Crippen molar-refractivity contribution in [3.8, 4) is 0 Å². The third-order valence-electron chi connectivity index (χ3n) is 6.14. The Morgan fingerprint density at radius 2 is 1.81 bits per heavy atom. The van der Waals surface area contributed by atoms with Crippen LogP contribution in [0.1, 0.15) is 28.1 Å². The topological polar surface area (TPSA) is 81.9 Å². The standard InChI is InChI=1S/C24H30N6O/c1-14-11-15(2)21-19(12-14)18(17(4)27-21)5-6-25-22-20-13-16(3)26-23(20)29-24(28-22)30-7-9-31-10-8-30/h11-13,27H,5-10H2,1-4H3,(H2,25,26,28,29). The van der Waals surface area contributed by atoms with Gasteiger partial charge < -0.3 is 24.9 Å². The lowest BCUT2D eigenvalue weighted by Crippen LogP contribution is -2.37. The van der Waals surface area contributed by atoms with E-state index in [4.69, 9.17) is 14.7 Å². The van der Waals surface area contributed by atoms with E-state index in [0.29, 0.717) is 13.2 Å². The van der Waals surface area contributed by atoms with Crippen molar-refractivity contribution in [1.82, 2.24) is 19.9 Å². The summed E-state index contributed by atoms with van der Waals surface area (Å²) in [6.07, 6.45) is 0.927. The van der Waals surface area contributed by atoms with Crippen molar-refractivity contribution in [1.29, 1.82) is 0 Å². The molecule has 7 nitrogen and oxygen atoms in total. The average Bonchev–Trinajstić information content (AvgIpc) is 3.28. The van der Waals surface area contributed by atoms with Gasteiger partial charge in [0, 0.05) is 41.9 Å². The highest BCUT2D eigenvalue weighted by atomic mass is 16.5. The number of hydrogen-bond donors (Lipinski definition) is 3. The van der Waals surface area contributed by atoms with E-state index >= 15 is 0 Å². The molecule has 4 heterocycles. The van der Waals surface area contributed by atoms with Gasteiger partial charge in [-0.1, -0.05) is 11.6 Å². The van der Waals surface area contributed by atoms with Crippen molar-refractivity contribution in [3.63, 3.8) is 0 Å². The average molecular weight is 419 g/mol. The minimum atomic E-state index is 0.715. The summed E-state index contributed by atoms with van der Waals surface area (Å²) in [5, 5.41) is 5.97. The molecule has 0 bridgehead atoms. The highest BCUT2D eigenvalue weighted by Crippen LogP contribution is 2.28. The van der Waals surface area contributed by atoms with Gasteiger partial charge in [0.25, 0.3) is 0 Å². The molecule has 0 unspecified atom stereocenters. The Hall–Kier alpha value is -3.06. The maximum atomic E-state index is 5.49. The van der Waals surface area contributed by atoms with Gasteiger partial charge in [-0.15, -0.1) is 0 Å². The molecule has 0 spiro atoms. The smallest absolute Gasteiger partial charge is 0.229 e. The van der Waals surface area contributed by atoms with Crippen molar-refractivity contribution in [2.45, 2.75) is 34.1 Å². The molecule has 7 heteroatoms. The highest BCUT2D eigenvalue weighted by Gasteiger charge is 2.18. The number of nitrogens with zero attached hydrogens (tertiary/aromatic N) is 3. The molecule has 4 aromatic rings. The van der Waals surface area contributed by atoms with Crippen LogP contribution in [0, 0.1) is 27.7 Å². The molecule has 3 N–H and O–H groups in total. The van der Waals surface area contributed by atoms with Gasteiger partial charge in [0.15, 0.2) is 0 Å². The van der Waals surface area contributed by atoms with E-state index in [-0.39, 0.29) is 0 Å². The van der Waals surface area contributed by atoms with Gasteiger partial charge in [0.2, 0.25) is 5.95 Å². The fraction of sp³-hybridized carbons (Fsp3) is 0.417. The Balaban J connectivity index is 1.42. The Labute approximate surface area is 182 Å². The van der Waals surface area contributed by atoms with Crippen molar-refractivity contribution < 1.29 is 4.74 Å². The molecule has 1 aliphatic heterocycles. The summed E-state index contributed by atoms with van der Waals surface area (Å²) in [5.74, 6) is 1.65. The summed E-state index contributed by atoms with van der Waals surface area (Å²) >= 11 is 0. The van der Waals surface area contributed by atoms with Crippen LogP contribution in [0.2, 0.25) is 0 Å². The van der Waals surface area contributed by atoms with Crippen LogP contribution in [-0.2, 0) is 11.2 Å². The minimum absolute atomic E-state index is 0.715. The van der Waals surface area contributed by atoms with Crippen LogP contribution >= 0.6 is 0 Å². The van der Waals surface area contributed by atoms with Crippen LogP contribution in [0.25, 0.3) is 21.9 Å². The summed E-state index contributed by atoms with van der Waals surface area (Å²) in [5.41, 5.74) is 8.43. The predicted molar refractivity (Wildman–Crippen MR) is 126 cm³/mol. The lowest BCUT2D eigenvalue weighted by molar-refractivity contribution is 0.122. The number of rotatable bonds is 5. The minimum Gasteiger partial charge on any atom is -0.378 e. The fourth-order valence-electron chi connectivity index (χ4n) is 4.63. The van der Waals surface area contributed by atoms with Crippen molar-refractivity contribution in [2.24, 2.45) is 0 Å². The molecular formula is C24H30N6O. The van der Waals surface area contributed by atoms with E-state index in [1.54, 1.807) is 0 Å². The SMILES string of the molecule is Cc1cc(C)c2[nH]c(C)c(CCNc3nc(N4CCOCC4)nc4[nH]c(C)cc34)c2c1. The number of aromatic nitrogens is 4. The van der Waals surface area contributed by atoms with Gasteiger partial charge in [-0.2, -0.15) is 9.97 Å². The predicted octanol–water partition coefficient (Wildman–Crippen LogP) is 4.16. The lowest BCUT2D eigenvalue weighted by atomic mass is 10.0. The molecule has 1 aliphatic rings. The molecule has 162 valence electrons. The second kappa shape index (κ2) is 7.89. The first kappa shape index (κ1) is 19.9. The molecule has 0 aliphatic carbocycles. The molecule has 5 rings (SSSR count). The number of aryl methyl sites for hydroxylation is 4. The second-order valence-electron chi connectivity index (χ2n) is 8.60. The zero-order valence-electron chi connectivity index (χ0n) is 18.7. The normalized spacial score (nSPS) is 14.6. The van der Waals surface area contributed by atoms with Gasteiger partial charge >= 0.3 is 0 Å². The van der Waals surface area contributed by atoms with Gasteiger partial charge in [-0.05, 0) is 57.4 Å². The van der Waals surface area contributed by atoms with Gasteiger partial charge in [-0.25, -0.2) is 0 Å². The second-order valence-corrected chi connectivity index (χ2v) is 8.60. The lowest BCUT2D eigenvalue weighted by Gasteiger charge is -2.27. The number of ether oxygens (including phenoxy) is 1. The Morgan fingerprint density at radius 3 is 2.61 bits per heavy atom. The third-order valence-corrected chi connectivity index (χ3v) is 6.14. The molecule has 1 fully saturated rings. The van der Waals surface area contributed by atoms with E-state index in [1.165, 1.54) is 33.3 Å². The molecule has 31 heavy (non-hydrogen) atoms. The first-order valence-corrected chi connectivity index (χ1v) is 11.0. The van der Waals surface area contributed by atoms with Gasteiger partial charge in [-0.3, -0.25) is 0 Å². The van der Waals surface area contributed by atoms with E-state index in [1.807, 2.05) is 0 Å². The highest BCUT2D eigenvalue weighted by molar-refractivity contribution is 5.90. The number of fused-ring (bicyclic) bond motifs is 2. The third kappa shape index (κ3) is 3.74. The van der Waals surface area contributed by atoms with Crippen molar-refractivity contribution in [3.05, 3.63) is 46.3 Å². The first-order chi connectivity index (χ1) is 15.0. The monoisotopic (exact) mass is 418 g/mol. The van der Waals surface area contributed by atoms with E-state index in [2.05, 4.69) is 66.1 Å². The van der Waals surface area contributed by atoms with E-state index in [9.17, 15) is 0 Å². The van der Waals surface area contributed by atoms with Crippen LogP contribution < -0.4 is 10.2 Å². The number of aromatic amines is 2. The van der Waals surface area contributed by atoms with Gasteiger partial charge in [0.1, 0.15) is 11.5 Å². The maximum Gasteiger partial charge on any atom is 0.229 e. The number of benzene rings is 1. The molecule has 1 saturated heterocycles. The number of hydrogen-bond acceptors (Lipinski definition) is 5. The zero-order chi connectivity index (χ0) is 21.5. The van der Waals surface area contributed by atoms with Crippen LogP contribution in [0.4, 0.5) is 11.8 Å². The Kier molecular flexibility index (Phi) is 5.06. The maximum absolute atomic E-state index is 5.49. The summed E-state index contributed by atoms with van der Waals surface area (Å²) in [4.78, 5) is 18.8. The molecule has 0 atom stereocenters. The fourth-order valence-corrected chi connectivity index (χ4v) is 4.63. The number of anilines is 2. The molecule has 3 aromatic heterocycles. The summed E-state index contributed by atoms with van der Waals surface area (Å²) in [7, 11) is 0. The molecule has 0 saturated carbocycles. The van der Waals surface area contributed by atoms with Crippen molar-refractivity contribution in [2.75, 3.05) is 43.1 Å². The van der Waals surface area contributed by atoms with Crippen LogP contribution in [0.3, 0.4) is 0 Å². The van der Waals surface area contributed by atoms with Gasteiger partial charge in [0.05, 0.1) is 18.6 Å². The Morgan fingerprint density at radius 1 is 1.00 bits per heavy atom. The number of H-pyrrole nitrogens is 2. The quantitative estimate of drug-likeness (QED) is 0.453. The molecule has 0 amide bonds. The van der Waals surface area contributed by atoms with Crippen LogP contribution in [0.15, 0.2) is 18.2 Å². The van der Waals surface area contributed by atoms with E-state index in [0.717, 1.165) is 54.5 Å². The largest absolute Gasteiger partial charge is 0.378 e. The van der Waals surface area contributed by atoms with Crippen LogP contribution in [-0.4, -0.2) is 52.8 Å². The molecule has 0 radical (unpaired) electrons. The molecule has 1 aromatic carbocycles. The zero-order valence-corrected chi connectivity index (χ0v) is 18.7. The Bertz CT molecular complexity index is 1250. The van der Waals surface area contributed by atoms with Crippen LogP contribution in [0.5, 0.6) is 0 Å². The van der Waals surface area contributed by atoms with Crippen molar-refractivity contribution >= 4 is 33.7 Å². The summed E-state index contributed by atoms with van der Waals surface area (Å²) < 4.78 is 5.49. The first-order valence-electron chi connectivity index (χ1n) is 11.0. The number of nitrogens with one attached hydrogen (secondary N) is 3. The summed E-state index contributed by atoms with van der Waals surface area (Å²) in [6.45, 7) is 12.4. The van der Waals surface area contributed by atoms with E-state index < -0.39 is 0 Å². The number of morpholine rings is 1. The molecular weight excluding hydrogens is 388 g/mol.